The summed E-state index contributed by atoms with van der Waals surface area (Å²) in [5, 5.41) is 5.59. The number of anilines is 1. The van der Waals surface area contributed by atoms with E-state index in [2.05, 4.69) is 21.9 Å². The van der Waals surface area contributed by atoms with Crippen LogP contribution >= 0.6 is 0 Å². The van der Waals surface area contributed by atoms with Crippen LogP contribution in [-0.4, -0.2) is 25.7 Å². The summed E-state index contributed by atoms with van der Waals surface area (Å²) in [6, 6.07) is 16.9. The molecule has 26 heavy (non-hydrogen) atoms. The summed E-state index contributed by atoms with van der Waals surface area (Å²) in [4.78, 5) is 16.6. The van der Waals surface area contributed by atoms with Crippen LogP contribution in [0.25, 0.3) is 10.9 Å². The maximum atomic E-state index is 12.2. The second-order valence-corrected chi connectivity index (χ2v) is 10.8. The van der Waals surface area contributed by atoms with Gasteiger partial charge in [-0.25, -0.2) is 0 Å². The molecule has 1 amide bonds. The Hall–Kier alpha value is -2.76. The Labute approximate surface area is 157 Å². The van der Waals surface area contributed by atoms with Crippen LogP contribution in [0, 0.1) is 12.3 Å². The van der Waals surface area contributed by atoms with Crippen LogP contribution in [0.15, 0.2) is 60.8 Å². The molecule has 0 fully saturated rings. The van der Waals surface area contributed by atoms with Gasteiger partial charge in [-0.2, -0.15) is 0 Å². The van der Waals surface area contributed by atoms with Crippen LogP contribution in [0.5, 0.6) is 5.75 Å². The van der Waals surface area contributed by atoms with Crippen molar-refractivity contribution in [1.82, 2.24) is 4.98 Å². The van der Waals surface area contributed by atoms with E-state index in [9.17, 15) is 4.79 Å². The van der Waals surface area contributed by atoms with Crippen molar-refractivity contribution < 1.29 is 9.53 Å². The van der Waals surface area contributed by atoms with Crippen molar-refractivity contribution in [3.05, 3.63) is 66.4 Å². The molecule has 1 heterocycles. The number of fused-ring (bicyclic) bond motifs is 1. The monoisotopic (exact) mass is 406 g/mol. The fourth-order valence-corrected chi connectivity index (χ4v) is 5.38. The molecule has 1 atom stereocenters. The number of amides is 1. The summed E-state index contributed by atoms with van der Waals surface area (Å²) in [6.07, 6.45) is 6.62. The number of benzene rings is 2. The van der Waals surface area contributed by atoms with E-state index < -0.39 is 20.7 Å². The fraction of sp³-hybridized carbons (Fsp3) is 0.143. The van der Waals surface area contributed by atoms with Crippen molar-refractivity contribution in [1.29, 1.82) is 0 Å². The van der Waals surface area contributed by atoms with Crippen molar-refractivity contribution in [3.63, 3.8) is 0 Å². The van der Waals surface area contributed by atoms with Crippen molar-refractivity contribution in [3.8, 4) is 18.1 Å². The minimum absolute atomic E-state index is 0.449. The predicted octanol–water partition coefficient (Wildman–Crippen LogP) is 4.69. The Kier molecular flexibility index (Phi) is 5.94. The number of carbonyl (C=O) groups excluding carboxylic acids is 1. The van der Waals surface area contributed by atoms with Crippen LogP contribution in [-0.2, 0) is 5.21 Å². The molecule has 0 spiro atoms. The number of rotatable bonds is 5. The van der Waals surface area contributed by atoms with Gasteiger partial charge in [0.2, 0.25) is 0 Å². The summed E-state index contributed by atoms with van der Waals surface area (Å²) in [7, 11) is 0. The number of hydrogen-bond acceptors (Lipinski definition) is 3. The molecule has 0 saturated heterocycles. The number of hydrogen-bond donors (Lipinski definition) is 1. The van der Waals surface area contributed by atoms with Gasteiger partial charge in [-0.15, -0.1) is 0 Å². The Balaban J connectivity index is 1.83. The van der Waals surface area contributed by atoms with E-state index in [1.165, 1.54) is 5.56 Å². The Morgan fingerprint density at radius 3 is 2.77 bits per heavy atom. The topological polar surface area (TPSA) is 51.2 Å². The molecule has 0 aliphatic carbocycles. The molecule has 1 unspecified atom stereocenters. The standard InChI is InChI=1S/C21H19AsN2O2/c1-3-13-22(2)15-16-11-12-19(20-18(16)10-7-14-23-20)26-21(25)24-17-8-5-4-6-9-17/h1,4-12,14H,13,15H2,2H3,(H,24,25). The van der Waals surface area contributed by atoms with E-state index in [0.29, 0.717) is 17.0 Å². The molecule has 3 rings (SSSR count). The van der Waals surface area contributed by atoms with Crippen LogP contribution in [0.4, 0.5) is 10.5 Å². The second kappa shape index (κ2) is 8.56. The van der Waals surface area contributed by atoms with Crippen molar-refractivity contribution in [2.75, 3.05) is 5.32 Å². The van der Waals surface area contributed by atoms with Gasteiger partial charge in [-0.3, -0.25) is 0 Å². The number of aromatic nitrogens is 1. The zero-order chi connectivity index (χ0) is 18.4. The molecular weight excluding hydrogens is 387 g/mol. The van der Waals surface area contributed by atoms with Gasteiger partial charge in [0.1, 0.15) is 0 Å². The fourth-order valence-electron chi connectivity index (χ4n) is 2.69. The number of terminal acetylenes is 1. The molecule has 0 bridgehead atoms. The van der Waals surface area contributed by atoms with Crippen LogP contribution < -0.4 is 10.1 Å². The van der Waals surface area contributed by atoms with Crippen molar-refractivity contribution >= 4 is 37.3 Å². The summed E-state index contributed by atoms with van der Waals surface area (Å²) < 4.78 is 5.51. The first kappa shape index (κ1) is 18.0. The van der Waals surface area contributed by atoms with E-state index in [1.807, 2.05) is 42.5 Å². The first-order valence-electron chi connectivity index (χ1n) is 8.20. The van der Waals surface area contributed by atoms with E-state index in [4.69, 9.17) is 11.2 Å². The quantitative estimate of drug-likeness (QED) is 0.494. The SMILES string of the molecule is C#CC[As](C)Cc1ccc(OC(=O)Nc2ccccc2)c2ncccc12. The molecule has 3 aromatic rings. The predicted molar refractivity (Wildman–Crippen MR) is 107 cm³/mol. The van der Waals surface area contributed by atoms with Crippen molar-refractivity contribution in [2.45, 2.75) is 16.1 Å². The second-order valence-electron chi connectivity index (χ2n) is 5.88. The van der Waals surface area contributed by atoms with Crippen molar-refractivity contribution in [2.24, 2.45) is 0 Å². The third-order valence-electron chi connectivity index (χ3n) is 3.85. The number of pyridine rings is 1. The zero-order valence-electron chi connectivity index (χ0n) is 14.5. The van der Waals surface area contributed by atoms with Crippen LogP contribution in [0.2, 0.25) is 10.9 Å². The summed E-state index contributed by atoms with van der Waals surface area (Å²) in [6.45, 7) is 0. The number of para-hydroxylation sites is 1. The molecule has 0 aliphatic rings. The maximum absolute atomic E-state index is 12.2. The Morgan fingerprint density at radius 1 is 1.19 bits per heavy atom. The number of ether oxygens (including phenoxy) is 1. The zero-order valence-corrected chi connectivity index (χ0v) is 16.4. The average molecular weight is 406 g/mol. The van der Waals surface area contributed by atoms with E-state index >= 15 is 0 Å². The third-order valence-corrected chi connectivity index (χ3v) is 7.21. The van der Waals surface area contributed by atoms with Gasteiger partial charge in [0, 0.05) is 0 Å². The van der Waals surface area contributed by atoms with E-state index in [0.717, 1.165) is 15.8 Å². The van der Waals surface area contributed by atoms with Crippen LogP contribution in [0.3, 0.4) is 0 Å². The Morgan fingerprint density at radius 2 is 2.00 bits per heavy atom. The summed E-state index contributed by atoms with van der Waals surface area (Å²) >= 11 is -1.08. The Bertz CT molecular complexity index is 951. The molecular formula is C21H19AsN2O2. The van der Waals surface area contributed by atoms with Gasteiger partial charge in [0.15, 0.2) is 0 Å². The van der Waals surface area contributed by atoms with E-state index in [-0.39, 0.29) is 0 Å². The normalized spacial score (nSPS) is 11.5. The van der Waals surface area contributed by atoms with Gasteiger partial charge in [-0.1, -0.05) is 0 Å². The average Bonchev–Trinajstić information content (AvgIpc) is 2.65. The molecule has 1 aromatic heterocycles. The summed E-state index contributed by atoms with van der Waals surface area (Å²) in [5.74, 6) is 3.22. The van der Waals surface area contributed by atoms with Gasteiger partial charge >= 0.3 is 158 Å². The van der Waals surface area contributed by atoms with Gasteiger partial charge < -0.3 is 0 Å². The molecule has 0 radical (unpaired) electrons. The third kappa shape index (κ3) is 4.45. The number of nitrogens with one attached hydrogen (secondary N) is 1. The molecule has 0 saturated carbocycles. The number of carbonyl (C=O) groups is 1. The van der Waals surface area contributed by atoms with E-state index in [1.54, 1.807) is 18.3 Å². The molecule has 0 aliphatic heterocycles. The van der Waals surface area contributed by atoms with Gasteiger partial charge in [0.25, 0.3) is 0 Å². The molecule has 4 nitrogen and oxygen atoms in total. The minimum atomic E-state index is -1.08. The molecule has 130 valence electrons. The van der Waals surface area contributed by atoms with Gasteiger partial charge in [0.05, 0.1) is 0 Å². The van der Waals surface area contributed by atoms with Crippen LogP contribution in [0.1, 0.15) is 5.56 Å². The summed E-state index contributed by atoms with van der Waals surface area (Å²) in [5.41, 5.74) is 4.85. The number of nitrogens with zero attached hydrogens (tertiary/aromatic N) is 1. The first-order chi connectivity index (χ1) is 12.7. The molecule has 1 N–H and O–H groups in total. The molecule has 2 aromatic carbocycles. The molecule has 5 heteroatoms. The van der Waals surface area contributed by atoms with Gasteiger partial charge in [-0.05, 0) is 0 Å². The first-order valence-corrected chi connectivity index (χ1v) is 12.7.